The SMILES string of the molecule is [C-]#[N+]CC(O)c1cccc(OCCC(C)C)c1. The molecule has 0 aliphatic rings. The zero-order valence-corrected chi connectivity index (χ0v) is 10.4. The van der Waals surface area contributed by atoms with Gasteiger partial charge in [-0.05, 0) is 30.0 Å². The summed E-state index contributed by atoms with van der Waals surface area (Å²) in [6.45, 7) is 11.8. The van der Waals surface area contributed by atoms with Crippen LogP contribution in [-0.4, -0.2) is 18.3 Å². The predicted molar refractivity (Wildman–Crippen MR) is 67.8 cm³/mol. The molecule has 0 saturated heterocycles. The maximum Gasteiger partial charge on any atom is 0.244 e. The van der Waals surface area contributed by atoms with Gasteiger partial charge in [-0.25, -0.2) is 6.57 Å². The Labute approximate surface area is 103 Å². The highest BCUT2D eigenvalue weighted by Crippen LogP contribution is 2.20. The fraction of sp³-hybridized carbons (Fsp3) is 0.500. The van der Waals surface area contributed by atoms with Gasteiger partial charge in [0, 0.05) is 0 Å². The van der Waals surface area contributed by atoms with Crippen LogP contribution >= 0.6 is 0 Å². The van der Waals surface area contributed by atoms with Crippen molar-refractivity contribution in [1.29, 1.82) is 0 Å². The third-order valence-electron chi connectivity index (χ3n) is 2.47. The summed E-state index contributed by atoms with van der Waals surface area (Å²) in [5.74, 6) is 1.37. The Morgan fingerprint density at radius 2 is 2.18 bits per heavy atom. The molecule has 17 heavy (non-hydrogen) atoms. The second kappa shape index (κ2) is 6.93. The van der Waals surface area contributed by atoms with E-state index in [0.29, 0.717) is 12.5 Å². The lowest BCUT2D eigenvalue weighted by Crippen LogP contribution is -2.03. The summed E-state index contributed by atoms with van der Waals surface area (Å²) >= 11 is 0. The van der Waals surface area contributed by atoms with Gasteiger partial charge in [-0.1, -0.05) is 26.0 Å². The van der Waals surface area contributed by atoms with E-state index in [1.807, 2.05) is 18.2 Å². The van der Waals surface area contributed by atoms with Crippen molar-refractivity contribution in [2.75, 3.05) is 13.2 Å². The van der Waals surface area contributed by atoms with Gasteiger partial charge in [0.25, 0.3) is 0 Å². The smallest absolute Gasteiger partial charge is 0.244 e. The van der Waals surface area contributed by atoms with Crippen LogP contribution < -0.4 is 4.74 Å². The molecule has 1 aromatic carbocycles. The number of hydrogen-bond acceptors (Lipinski definition) is 2. The molecule has 3 heteroatoms. The van der Waals surface area contributed by atoms with Crippen molar-refractivity contribution in [2.24, 2.45) is 5.92 Å². The average molecular weight is 233 g/mol. The van der Waals surface area contributed by atoms with Crippen molar-refractivity contribution in [3.05, 3.63) is 41.2 Å². The summed E-state index contributed by atoms with van der Waals surface area (Å²) < 4.78 is 5.60. The van der Waals surface area contributed by atoms with E-state index in [1.54, 1.807) is 6.07 Å². The lowest BCUT2D eigenvalue weighted by Gasteiger charge is -2.10. The van der Waals surface area contributed by atoms with Crippen LogP contribution in [0.1, 0.15) is 31.9 Å². The van der Waals surface area contributed by atoms with Gasteiger partial charge in [0.05, 0.1) is 6.61 Å². The molecule has 0 aliphatic heterocycles. The third-order valence-corrected chi connectivity index (χ3v) is 2.47. The van der Waals surface area contributed by atoms with Crippen LogP contribution in [0.15, 0.2) is 24.3 Å². The normalized spacial score (nSPS) is 12.2. The first-order chi connectivity index (χ1) is 8.13. The van der Waals surface area contributed by atoms with Gasteiger partial charge < -0.3 is 14.7 Å². The van der Waals surface area contributed by atoms with E-state index in [0.717, 1.165) is 17.7 Å². The molecule has 0 aliphatic carbocycles. The Hall–Kier alpha value is -1.53. The quantitative estimate of drug-likeness (QED) is 0.766. The van der Waals surface area contributed by atoms with Crippen molar-refractivity contribution in [3.63, 3.8) is 0 Å². The van der Waals surface area contributed by atoms with Crippen LogP contribution in [0.2, 0.25) is 0 Å². The van der Waals surface area contributed by atoms with E-state index < -0.39 is 6.10 Å². The Balaban J connectivity index is 2.57. The van der Waals surface area contributed by atoms with E-state index >= 15 is 0 Å². The molecule has 92 valence electrons. The topological polar surface area (TPSA) is 33.8 Å². The molecule has 1 atom stereocenters. The second-order valence-electron chi connectivity index (χ2n) is 4.46. The van der Waals surface area contributed by atoms with Crippen LogP contribution in [0.5, 0.6) is 5.75 Å². The zero-order chi connectivity index (χ0) is 12.7. The molecule has 1 aromatic rings. The van der Waals surface area contributed by atoms with E-state index in [1.165, 1.54) is 0 Å². The maximum atomic E-state index is 9.69. The second-order valence-corrected chi connectivity index (χ2v) is 4.46. The third kappa shape index (κ3) is 4.88. The summed E-state index contributed by atoms with van der Waals surface area (Å²) in [7, 11) is 0. The predicted octanol–water partition coefficient (Wildman–Crippen LogP) is 3.06. The summed E-state index contributed by atoms with van der Waals surface area (Å²) in [6, 6.07) is 7.32. The van der Waals surface area contributed by atoms with Gasteiger partial charge >= 0.3 is 0 Å². The van der Waals surface area contributed by atoms with Crippen LogP contribution in [0, 0.1) is 12.5 Å². The average Bonchev–Trinajstić information content (AvgIpc) is 2.29. The molecule has 0 radical (unpaired) electrons. The Kier molecular flexibility index (Phi) is 5.51. The highest BCUT2D eigenvalue weighted by Gasteiger charge is 2.10. The number of hydrogen-bond donors (Lipinski definition) is 1. The monoisotopic (exact) mass is 233 g/mol. The van der Waals surface area contributed by atoms with Crippen LogP contribution in [-0.2, 0) is 0 Å². The Morgan fingerprint density at radius 3 is 2.82 bits per heavy atom. The van der Waals surface area contributed by atoms with Gasteiger partial charge in [0.1, 0.15) is 5.75 Å². The van der Waals surface area contributed by atoms with Gasteiger partial charge in [-0.2, -0.15) is 0 Å². The van der Waals surface area contributed by atoms with Crippen molar-refractivity contribution < 1.29 is 9.84 Å². The number of aliphatic hydroxyl groups is 1. The standard InChI is InChI=1S/C14H19NO2/c1-11(2)7-8-17-13-6-4-5-12(9-13)14(16)10-15-3/h4-6,9,11,14,16H,7-8,10H2,1-2H3. The van der Waals surface area contributed by atoms with Crippen LogP contribution in [0.4, 0.5) is 0 Å². The molecule has 0 amide bonds. The zero-order valence-electron chi connectivity index (χ0n) is 10.4. The molecule has 3 nitrogen and oxygen atoms in total. The molecule has 0 heterocycles. The first kappa shape index (κ1) is 13.5. The molecule has 0 saturated carbocycles. The van der Waals surface area contributed by atoms with Crippen LogP contribution in [0.25, 0.3) is 4.85 Å². The molecular weight excluding hydrogens is 214 g/mol. The van der Waals surface area contributed by atoms with Gasteiger partial charge in [0.15, 0.2) is 6.10 Å². The van der Waals surface area contributed by atoms with Crippen molar-refractivity contribution >= 4 is 0 Å². The summed E-state index contributed by atoms with van der Waals surface area (Å²) in [5.41, 5.74) is 0.739. The van der Waals surface area contributed by atoms with E-state index in [2.05, 4.69) is 18.7 Å². The minimum absolute atomic E-state index is 0.0927. The summed E-state index contributed by atoms with van der Waals surface area (Å²) in [4.78, 5) is 3.19. The minimum Gasteiger partial charge on any atom is -0.494 e. The lowest BCUT2D eigenvalue weighted by molar-refractivity contribution is 0.194. The van der Waals surface area contributed by atoms with Gasteiger partial charge in [-0.3, -0.25) is 0 Å². The Morgan fingerprint density at radius 1 is 1.41 bits per heavy atom. The molecule has 0 bridgehead atoms. The largest absolute Gasteiger partial charge is 0.494 e. The number of rotatable bonds is 6. The number of aliphatic hydroxyl groups excluding tert-OH is 1. The number of ether oxygens (including phenoxy) is 1. The van der Waals surface area contributed by atoms with Gasteiger partial charge in [0.2, 0.25) is 6.54 Å². The summed E-state index contributed by atoms with van der Waals surface area (Å²) in [6.07, 6.45) is 0.288. The van der Waals surface area contributed by atoms with E-state index in [4.69, 9.17) is 11.3 Å². The molecule has 0 fully saturated rings. The van der Waals surface area contributed by atoms with Crippen molar-refractivity contribution in [2.45, 2.75) is 26.4 Å². The van der Waals surface area contributed by atoms with Crippen molar-refractivity contribution in [3.8, 4) is 5.75 Å². The molecule has 0 aromatic heterocycles. The molecular formula is C14H19NO2. The molecule has 1 unspecified atom stereocenters. The first-order valence-corrected chi connectivity index (χ1v) is 5.87. The van der Waals surface area contributed by atoms with Crippen molar-refractivity contribution in [1.82, 2.24) is 0 Å². The summed E-state index contributed by atoms with van der Waals surface area (Å²) in [5, 5.41) is 9.69. The maximum absolute atomic E-state index is 9.69. The highest BCUT2D eigenvalue weighted by molar-refractivity contribution is 5.30. The number of benzene rings is 1. The number of nitrogens with zero attached hydrogens (tertiary/aromatic N) is 1. The lowest BCUT2D eigenvalue weighted by atomic mass is 10.1. The fourth-order valence-corrected chi connectivity index (χ4v) is 1.42. The molecule has 1 N–H and O–H groups in total. The first-order valence-electron chi connectivity index (χ1n) is 5.87. The molecule has 0 spiro atoms. The van der Waals surface area contributed by atoms with Gasteiger partial charge in [-0.15, -0.1) is 0 Å². The highest BCUT2D eigenvalue weighted by atomic mass is 16.5. The van der Waals surface area contributed by atoms with Crippen LogP contribution in [0.3, 0.4) is 0 Å². The molecule has 1 rings (SSSR count). The van der Waals surface area contributed by atoms with E-state index in [-0.39, 0.29) is 6.54 Å². The van der Waals surface area contributed by atoms with E-state index in [9.17, 15) is 5.11 Å². The minimum atomic E-state index is -0.721. The fourth-order valence-electron chi connectivity index (χ4n) is 1.42. The Bertz CT molecular complexity index is 382.